The maximum absolute atomic E-state index is 12.6. The molecule has 1 N–H and O–H groups in total. The van der Waals surface area contributed by atoms with E-state index in [-0.39, 0.29) is 11.9 Å². The van der Waals surface area contributed by atoms with E-state index in [0.29, 0.717) is 40.3 Å². The molecule has 4 aromatic rings. The molecule has 0 saturated heterocycles. The molecular formula is C25H22Cl2N4O3. The van der Waals surface area contributed by atoms with E-state index < -0.39 is 0 Å². The second-order valence-corrected chi connectivity index (χ2v) is 8.28. The summed E-state index contributed by atoms with van der Waals surface area (Å²) in [6.45, 7) is 2.80. The predicted molar refractivity (Wildman–Crippen MR) is 133 cm³/mol. The van der Waals surface area contributed by atoms with Crippen LogP contribution in [-0.2, 0) is 4.74 Å². The van der Waals surface area contributed by atoms with E-state index in [1.54, 1.807) is 36.1 Å². The van der Waals surface area contributed by atoms with Gasteiger partial charge in [-0.3, -0.25) is 4.79 Å². The van der Waals surface area contributed by atoms with Gasteiger partial charge in [0.2, 0.25) is 0 Å². The van der Waals surface area contributed by atoms with Crippen LogP contribution in [0.1, 0.15) is 15.9 Å². The standard InChI is InChI=1S/C25H22Cl2N4O3/c1-16-3-5-17(6-4-16)23-29-25(34-14-13-33-2)30-31(23)20-10-8-19(9-11-20)28-24(32)18-7-12-21(26)22(27)15-18/h3-12,15H,13-14H2,1-2H3,(H,28,32). The summed E-state index contributed by atoms with van der Waals surface area (Å²) < 4.78 is 12.4. The lowest BCUT2D eigenvalue weighted by molar-refractivity contribution is 0.102. The summed E-state index contributed by atoms with van der Waals surface area (Å²) in [6, 6.07) is 20.3. The largest absolute Gasteiger partial charge is 0.460 e. The Morgan fingerprint density at radius 1 is 0.971 bits per heavy atom. The lowest BCUT2D eigenvalue weighted by Crippen LogP contribution is -2.12. The van der Waals surface area contributed by atoms with E-state index in [0.717, 1.165) is 16.8 Å². The van der Waals surface area contributed by atoms with E-state index in [2.05, 4.69) is 15.4 Å². The van der Waals surface area contributed by atoms with Crippen molar-refractivity contribution < 1.29 is 14.3 Å². The molecule has 0 fully saturated rings. The van der Waals surface area contributed by atoms with Gasteiger partial charge in [-0.1, -0.05) is 53.0 Å². The SMILES string of the molecule is COCCOc1nc(-c2ccc(C)cc2)n(-c2ccc(NC(=O)c3ccc(Cl)c(Cl)c3)cc2)n1. The Labute approximate surface area is 207 Å². The van der Waals surface area contributed by atoms with Gasteiger partial charge in [-0.25, -0.2) is 4.68 Å². The van der Waals surface area contributed by atoms with Gasteiger partial charge in [0, 0.05) is 23.9 Å². The fourth-order valence-corrected chi connectivity index (χ4v) is 3.46. The summed E-state index contributed by atoms with van der Waals surface area (Å²) in [5, 5.41) is 8.09. The minimum atomic E-state index is -0.291. The highest BCUT2D eigenvalue weighted by molar-refractivity contribution is 6.42. The van der Waals surface area contributed by atoms with Gasteiger partial charge in [0.25, 0.3) is 5.91 Å². The number of halogens is 2. The molecule has 1 heterocycles. The van der Waals surface area contributed by atoms with E-state index >= 15 is 0 Å². The van der Waals surface area contributed by atoms with Crippen molar-refractivity contribution in [2.45, 2.75) is 6.92 Å². The number of amides is 1. The first-order chi connectivity index (χ1) is 16.4. The smallest absolute Gasteiger partial charge is 0.336 e. The topological polar surface area (TPSA) is 78.3 Å². The maximum atomic E-state index is 12.6. The Kier molecular flexibility index (Phi) is 7.47. The number of ether oxygens (including phenoxy) is 2. The second kappa shape index (κ2) is 10.7. The van der Waals surface area contributed by atoms with Crippen LogP contribution < -0.4 is 10.1 Å². The molecular weight excluding hydrogens is 475 g/mol. The molecule has 0 unspecified atom stereocenters. The summed E-state index contributed by atoms with van der Waals surface area (Å²) >= 11 is 12.0. The number of nitrogens with one attached hydrogen (secondary N) is 1. The van der Waals surface area contributed by atoms with Crippen molar-refractivity contribution >= 4 is 34.8 Å². The minimum Gasteiger partial charge on any atom is -0.460 e. The third-order valence-corrected chi connectivity index (χ3v) is 5.71. The molecule has 7 nitrogen and oxygen atoms in total. The van der Waals surface area contributed by atoms with Gasteiger partial charge < -0.3 is 14.8 Å². The highest BCUT2D eigenvalue weighted by Gasteiger charge is 2.15. The number of rotatable bonds is 8. The summed E-state index contributed by atoms with van der Waals surface area (Å²) in [5.74, 6) is 0.348. The van der Waals surface area contributed by atoms with Gasteiger partial charge >= 0.3 is 6.01 Å². The van der Waals surface area contributed by atoms with Gasteiger partial charge in [-0.2, -0.15) is 4.98 Å². The molecule has 0 aliphatic heterocycles. The maximum Gasteiger partial charge on any atom is 0.336 e. The lowest BCUT2D eigenvalue weighted by atomic mass is 10.1. The van der Waals surface area contributed by atoms with E-state index in [9.17, 15) is 4.79 Å². The molecule has 0 aliphatic rings. The zero-order chi connectivity index (χ0) is 24.1. The molecule has 3 aromatic carbocycles. The van der Waals surface area contributed by atoms with Gasteiger partial charge in [0.15, 0.2) is 5.82 Å². The lowest BCUT2D eigenvalue weighted by Gasteiger charge is -2.09. The minimum absolute atomic E-state index is 0.254. The fraction of sp³-hybridized carbons (Fsp3) is 0.160. The van der Waals surface area contributed by atoms with Gasteiger partial charge in [-0.05, 0) is 49.4 Å². The summed E-state index contributed by atoms with van der Waals surface area (Å²) in [5.41, 5.74) is 3.84. The normalized spacial score (nSPS) is 10.8. The Hall–Kier alpha value is -3.39. The van der Waals surface area contributed by atoms with Crippen LogP contribution in [0.3, 0.4) is 0 Å². The number of methoxy groups -OCH3 is 1. The van der Waals surface area contributed by atoms with Crippen LogP contribution in [0.2, 0.25) is 10.0 Å². The number of aryl methyl sites for hydroxylation is 1. The number of benzene rings is 3. The first-order valence-electron chi connectivity index (χ1n) is 10.5. The monoisotopic (exact) mass is 496 g/mol. The predicted octanol–water partition coefficient (Wildman–Crippen LogP) is 5.83. The molecule has 9 heteroatoms. The first-order valence-corrected chi connectivity index (χ1v) is 11.2. The highest BCUT2D eigenvalue weighted by Crippen LogP contribution is 2.26. The molecule has 0 spiro atoms. The molecule has 0 atom stereocenters. The van der Waals surface area contributed by atoms with Crippen molar-refractivity contribution in [1.82, 2.24) is 14.8 Å². The van der Waals surface area contributed by atoms with Crippen LogP contribution in [0.15, 0.2) is 66.7 Å². The second-order valence-electron chi connectivity index (χ2n) is 7.47. The van der Waals surface area contributed by atoms with Crippen LogP contribution in [0.25, 0.3) is 17.1 Å². The average molecular weight is 497 g/mol. The van der Waals surface area contributed by atoms with Crippen molar-refractivity contribution in [3.63, 3.8) is 0 Å². The fourth-order valence-electron chi connectivity index (χ4n) is 3.17. The van der Waals surface area contributed by atoms with Crippen molar-refractivity contribution in [1.29, 1.82) is 0 Å². The average Bonchev–Trinajstić information content (AvgIpc) is 3.26. The Bertz CT molecular complexity index is 1290. The molecule has 0 aliphatic carbocycles. The van der Waals surface area contributed by atoms with Crippen molar-refractivity contribution in [3.8, 4) is 23.1 Å². The molecule has 1 aromatic heterocycles. The molecule has 0 radical (unpaired) electrons. The Balaban J connectivity index is 1.58. The highest BCUT2D eigenvalue weighted by atomic mass is 35.5. The molecule has 4 rings (SSSR count). The zero-order valence-corrected chi connectivity index (χ0v) is 20.1. The number of anilines is 1. The molecule has 34 heavy (non-hydrogen) atoms. The third-order valence-electron chi connectivity index (χ3n) is 4.97. The summed E-state index contributed by atoms with van der Waals surface area (Å²) in [6.07, 6.45) is 0. The van der Waals surface area contributed by atoms with Gasteiger partial charge in [0.05, 0.1) is 22.3 Å². The van der Waals surface area contributed by atoms with Crippen LogP contribution >= 0.6 is 23.2 Å². The van der Waals surface area contributed by atoms with E-state index in [4.69, 9.17) is 32.7 Å². The number of hydrogen-bond donors (Lipinski definition) is 1. The molecule has 174 valence electrons. The zero-order valence-electron chi connectivity index (χ0n) is 18.6. The summed E-state index contributed by atoms with van der Waals surface area (Å²) in [4.78, 5) is 17.1. The number of carbonyl (C=O) groups is 1. The van der Waals surface area contributed by atoms with Gasteiger partial charge in [0.1, 0.15) is 6.61 Å². The molecule has 0 bridgehead atoms. The number of hydrogen-bond acceptors (Lipinski definition) is 5. The first kappa shape index (κ1) is 23.8. The van der Waals surface area contributed by atoms with Crippen molar-refractivity contribution in [2.75, 3.05) is 25.6 Å². The Morgan fingerprint density at radius 3 is 2.38 bits per heavy atom. The Morgan fingerprint density at radius 2 is 1.71 bits per heavy atom. The van der Waals surface area contributed by atoms with Crippen LogP contribution in [0.4, 0.5) is 5.69 Å². The third kappa shape index (κ3) is 5.56. The quantitative estimate of drug-likeness (QED) is 0.310. The number of carbonyl (C=O) groups excluding carboxylic acids is 1. The van der Waals surface area contributed by atoms with Crippen LogP contribution in [0, 0.1) is 6.92 Å². The van der Waals surface area contributed by atoms with Crippen LogP contribution in [-0.4, -0.2) is 41.0 Å². The molecule has 0 saturated carbocycles. The summed E-state index contributed by atoms with van der Waals surface area (Å²) in [7, 11) is 1.61. The van der Waals surface area contributed by atoms with Crippen molar-refractivity contribution in [2.24, 2.45) is 0 Å². The van der Waals surface area contributed by atoms with E-state index in [1.165, 1.54) is 6.07 Å². The van der Waals surface area contributed by atoms with Crippen LogP contribution in [0.5, 0.6) is 6.01 Å². The van der Waals surface area contributed by atoms with E-state index in [1.807, 2.05) is 43.3 Å². The number of nitrogens with zero attached hydrogens (tertiary/aromatic N) is 3. The number of aromatic nitrogens is 3. The molecule has 1 amide bonds. The van der Waals surface area contributed by atoms with Crippen molar-refractivity contribution in [3.05, 3.63) is 87.9 Å². The van der Waals surface area contributed by atoms with Gasteiger partial charge in [-0.15, -0.1) is 5.10 Å².